The predicted octanol–water partition coefficient (Wildman–Crippen LogP) is 5.11. The van der Waals surface area contributed by atoms with E-state index in [1.165, 1.54) is 12.5 Å². The lowest BCUT2D eigenvalue weighted by molar-refractivity contribution is 0.445. The summed E-state index contributed by atoms with van der Waals surface area (Å²) in [5.41, 5.74) is 4.02. The number of hydrogen-bond donors (Lipinski definition) is 2. The first-order chi connectivity index (χ1) is 11.5. The second-order valence-corrected chi connectivity index (χ2v) is 6.12. The van der Waals surface area contributed by atoms with Gasteiger partial charge in [-0.05, 0) is 29.5 Å². The molecule has 0 unspecified atom stereocenters. The molecule has 0 atom stereocenters. The Morgan fingerprint density at radius 1 is 1.04 bits per heavy atom. The van der Waals surface area contributed by atoms with Gasteiger partial charge in [-0.3, -0.25) is 0 Å². The monoisotopic (exact) mass is 323 g/mol. The number of phenolic OH excluding ortho intramolecular Hbond substituents is 2. The fraction of sp³-hybridized carbons (Fsp3) is 0.250. The van der Waals surface area contributed by atoms with Gasteiger partial charge in [-0.2, -0.15) is 0 Å². The second-order valence-electron chi connectivity index (χ2n) is 6.12. The molecule has 3 aromatic rings. The van der Waals surface area contributed by atoms with E-state index in [1.54, 1.807) is 6.07 Å². The molecule has 1 heterocycles. The molecule has 0 amide bonds. The highest BCUT2D eigenvalue weighted by Crippen LogP contribution is 2.41. The van der Waals surface area contributed by atoms with E-state index < -0.39 is 0 Å². The van der Waals surface area contributed by atoms with Gasteiger partial charge >= 0.3 is 0 Å². The van der Waals surface area contributed by atoms with Gasteiger partial charge in [0.1, 0.15) is 17.2 Å². The molecule has 2 N–H and O–H groups in total. The maximum absolute atomic E-state index is 10.3. The number of benzene rings is 2. The standard InChI is InChI=1S/C20H21NO3/c1-4-13-7-5-6-8-14(13)20-19(21-11-24-20)16-9-15(12(2)3)17(22)10-18(16)23/h5-12,22-23H,4H2,1-3H3. The molecule has 0 saturated heterocycles. The van der Waals surface area contributed by atoms with Gasteiger partial charge in [0.2, 0.25) is 0 Å². The number of oxazole rings is 1. The van der Waals surface area contributed by atoms with Gasteiger partial charge in [-0.25, -0.2) is 4.98 Å². The van der Waals surface area contributed by atoms with Gasteiger partial charge in [0.05, 0.1) is 0 Å². The average Bonchev–Trinajstić information content (AvgIpc) is 3.03. The summed E-state index contributed by atoms with van der Waals surface area (Å²) in [5, 5.41) is 20.4. The highest BCUT2D eigenvalue weighted by molar-refractivity contribution is 5.82. The van der Waals surface area contributed by atoms with Crippen molar-refractivity contribution in [2.24, 2.45) is 0 Å². The quantitative estimate of drug-likeness (QED) is 0.700. The minimum absolute atomic E-state index is 0.0129. The van der Waals surface area contributed by atoms with E-state index in [-0.39, 0.29) is 17.4 Å². The van der Waals surface area contributed by atoms with Crippen LogP contribution in [0.15, 0.2) is 47.2 Å². The molecular formula is C20H21NO3. The van der Waals surface area contributed by atoms with E-state index in [1.807, 2.05) is 32.0 Å². The molecule has 0 aliphatic heterocycles. The lowest BCUT2D eigenvalue weighted by Crippen LogP contribution is -1.93. The van der Waals surface area contributed by atoms with Crippen LogP contribution in [0.3, 0.4) is 0 Å². The third kappa shape index (κ3) is 2.75. The number of aromatic nitrogens is 1. The van der Waals surface area contributed by atoms with Crippen LogP contribution in [-0.4, -0.2) is 15.2 Å². The maximum atomic E-state index is 10.3. The van der Waals surface area contributed by atoms with Crippen LogP contribution >= 0.6 is 0 Å². The van der Waals surface area contributed by atoms with Crippen molar-refractivity contribution >= 4 is 0 Å². The molecule has 0 bridgehead atoms. The molecule has 1 aromatic heterocycles. The summed E-state index contributed by atoms with van der Waals surface area (Å²) in [6.45, 7) is 6.07. The number of rotatable bonds is 4. The highest BCUT2D eigenvalue weighted by atomic mass is 16.3. The Balaban J connectivity index is 2.20. The van der Waals surface area contributed by atoms with Crippen molar-refractivity contribution in [3.63, 3.8) is 0 Å². The molecular weight excluding hydrogens is 302 g/mol. The Kier molecular flexibility index (Phi) is 4.30. The molecule has 124 valence electrons. The number of aryl methyl sites for hydroxylation is 1. The normalized spacial score (nSPS) is 11.2. The first-order valence-corrected chi connectivity index (χ1v) is 8.10. The van der Waals surface area contributed by atoms with E-state index >= 15 is 0 Å². The number of aromatic hydroxyl groups is 2. The summed E-state index contributed by atoms with van der Waals surface area (Å²) in [6, 6.07) is 11.1. The third-order valence-corrected chi connectivity index (χ3v) is 4.23. The van der Waals surface area contributed by atoms with Crippen LogP contribution in [0.1, 0.15) is 37.8 Å². The molecule has 24 heavy (non-hydrogen) atoms. The Morgan fingerprint density at radius 3 is 2.50 bits per heavy atom. The summed E-state index contributed by atoms with van der Waals surface area (Å²) in [7, 11) is 0. The molecule has 0 fully saturated rings. The Morgan fingerprint density at radius 2 is 1.79 bits per heavy atom. The van der Waals surface area contributed by atoms with Crippen molar-refractivity contribution < 1.29 is 14.6 Å². The first-order valence-electron chi connectivity index (χ1n) is 8.10. The molecule has 4 heteroatoms. The lowest BCUT2D eigenvalue weighted by atomic mass is 9.95. The number of nitrogens with zero attached hydrogens (tertiary/aromatic N) is 1. The minimum Gasteiger partial charge on any atom is -0.508 e. The van der Waals surface area contributed by atoms with Crippen LogP contribution in [0.2, 0.25) is 0 Å². The number of hydrogen-bond acceptors (Lipinski definition) is 4. The molecule has 2 aromatic carbocycles. The summed E-state index contributed by atoms with van der Waals surface area (Å²) in [6.07, 6.45) is 2.26. The summed E-state index contributed by atoms with van der Waals surface area (Å²) in [5.74, 6) is 0.831. The summed E-state index contributed by atoms with van der Waals surface area (Å²) in [4.78, 5) is 4.32. The van der Waals surface area contributed by atoms with Gasteiger partial charge in [0.15, 0.2) is 12.2 Å². The van der Waals surface area contributed by atoms with Crippen LogP contribution in [0.5, 0.6) is 11.5 Å². The van der Waals surface area contributed by atoms with Crippen molar-refractivity contribution in [3.05, 3.63) is 53.9 Å². The van der Waals surface area contributed by atoms with Gasteiger partial charge < -0.3 is 14.6 Å². The fourth-order valence-electron chi connectivity index (χ4n) is 2.93. The van der Waals surface area contributed by atoms with Gasteiger partial charge in [0, 0.05) is 17.2 Å². The minimum atomic E-state index is -0.0129. The van der Waals surface area contributed by atoms with E-state index in [2.05, 4.69) is 18.0 Å². The molecule has 3 rings (SSSR count). The molecule has 0 aliphatic carbocycles. The Labute approximate surface area is 141 Å². The summed E-state index contributed by atoms with van der Waals surface area (Å²) >= 11 is 0. The third-order valence-electron chi connectivity index (χ3n) is 4.23. The maximum Gasteiger partial charge on any atom is 0.182 e. The van der Waals surface area contributed by atoms with Crippen molar-refractivity contribution in [3.8, 4) is 34.1 Å². The molecule has 0 spiro atoms. The molecule has 0 aliphatic rings. The Hall–Kier alpha value is -2.75. The van der Waals surface area contributed by atoms with E-state index in [4.69, 9.17) is 4.42 Å². The van der Waals surface area contributed by atoms with Crippen LogP contribution in [0.4, 0.5) is 0 Å². The second kappa shape index (κ2) is 6.40. The van der Waals surface area contributed by atoms with Crippen molar-refractivity contribution in [1.82, 2.24) is 4.98 Å². The topological polar surface area (TPSA) is 66.5 Å². The largest absolute Gasteiger partial charge is 0.508 e. The SMILES string of the molecule is CCc1ccccc1-c1ocnc1-c1cc(C(C)C)c(O)cc1O. The fourth-order valence-corrected chi connectivity index (χ4v) is 2.93. The zero-order valence-electron chi connectivity index (χ0n) is 14.1. The van der Waals surface area contributed by atoms with Gasteiger partial charge in [0.25, 0.3) is 0 Å². The number of phenols is 2. The zero-order chi connectivity index (χ0) is 17.3. The van der Waals surface area contributed by atoms with Crippen LogP contribution < -0.4 is 0 Å². The Bertz CT molecular complexity index is 865. The van der Waals surface area contributed by atoms with Crippen LogP contribution in [0, 0.1) is 0 Å². The van der Waals surface area contributed by atoms with Gasteiger partial charge in [-0.1, -0.05) is 45.0 Å². The van der Waals surface area contributed by atoms with E-state index in [0.29, 0.717) is 17.0 Å². The van der Waals surface area contributed by atoms with E-state index in [9.17, 15) is 10.2 Å². The zero-order valence-corrected chi connectivity index (χ0v) is 14.1. The highest BCUT2D eigenvalue weighted by Gasteiger charge is 2.20. The van der Waals surface area contributed by atoms with Crippen LogP contribution in [0.25, 0.3) is 22.6 Å². The molecule has 0 saturated carbocycles. The molecule has 0 radical (unpaired) electrons. The van der Waals surface area contributed by atoms with Crippen molar-refractivity contribution in [2.75, 3.05) is 0 Å². The lowest BCUT2D eigenvalue weighted by Gasteiger charge is -2.13. The smallest absolute Gasteiger partial charge is 0.182 e. The molecule has 4 nitrogen and oxygen atoms in total. The van der Waals surface area contributed by atoms with Crippen LogP contribution in [-0.2, 0) is 6.42 Å². The predicted molar refractivity (Wildman–Crippen MR) is 94.2 cm³/mol. The van der Waals surface area contributed by atoms with Gasteiger partial charge in [-0.15, -0.1) is 0 Å². The average molecular weight is 323 g/mol. The summed E-state index contributed by atoms with van der Waals surface area (Å²) < 4.78 is 5.65. The first kappa shape index (κ1) is 16.1. The van der Waals surface area contributed by atoms with Crippen molar-refractivity contribution in [2.45, 2.75) is 33.1 Å². The van der Waals surface area contributed by atoms with Crippen molar-refractivity contribution in [1.29, 1.82) is 0 Å². The van der Waals surface area contributed by atoms with E-state index in [0.717, 1.165) is 23.1 Å².